The van der Waals surface area contributed by atoms with E-state index in [0.717, 1.165) is 18.4 Å². The number of aromatic nitrogens is 2. The maximum atomic E-state index is 12.8. The maximum Gasteiger partial charge on any atom is 0.257 e. The molecule has 3 aromatic rings. The third kappa shape index (κ3) is 5.05. The van der Waals surface area contributed by atoms with Crippen molar-refractivity contribution in [3.63, 3.8) is 0 Å². The highest BCUT2D eigenvalue weighted by molar-refractivity contribution is 6.31. The molecule has 0 N–H and O–H groups in total. The lowest BCUT2D eigenvalue weighted by molar-refractivity contribution is -0.000381. The maximum absolute atomic E-state index is 12.8. The molecular formula is C23H24ClN3O2. The average molecular weight is 410 g/mol. The molecule has 0 radical (unpaired) electrons. The minimum absolute atomic E-state index is 0.0249. The van der Waals surface area contributed by atoms with Crippen molar-refractivity contribution in [3.05, 3.63) is 88.7 Å². The molecule has 1 saturated heterocycles. The summed E-state index contributed by atoms with van der Waals surface area (Å²) in [7, 11) is 0. The normalized spacial score (nSPS) is 14.9. The van der Waals surface area contributed by atoms with Gasteiger partial charge in [-0.2, -0.15) is 5.10 Å². The molecule has 1 aliphatic heterocycles. The minimum atomic E-state index is 0.0249. The Morgan fingerprint density at radius 3 is 2.55 bits per heavy atom. The van der Waals surface area contributed by atoms with Crippen LogP contribution >= 0.6 is 11.6 Å². The van der Waals surface area contributed by atoms with Gasteiger partial charge in [0.25, 0.3) is 5.91 Å². The fourth-order valence-corrected chi connectivity index (χ4v) is 3.75. The lowest BCUT2D eigenvalue weighted by atomic mass is 10.1. The summed E-state index contributed by atoms with van der Waals surface area (Å²) in [5, 5.41) is 5.03. The Balaban J connectivity index is 1.28. The summed E-state index contributed by atoms with van der Waals surface area (Å²) in [5.74, 6) is 0.0249. The molecule has 2 aromatic carbocycles. The number of rotatable bonds is 6. The topological polar surface area (TPSA) is 47.4 Å². The first kappa shape index (κ1) is 19.7. The smallest absolute Gasteiger partial charge is 0.257 e. The lowest BCUT2D eigenvalue weighted by Gasteiger charge is -2.31. The Kier molecular flexibility index (Phi) is 6.27. The van der Waals surface area contributed by atoms with Crippen molar-refractivity contribution >= 4 is 17.5 Å². The van der Waals surface area contributed by atoms with Crippen LogP contribution in [-0.4, -0.2) is 39.8 Å². The van der Waals surface area contributed by atoms with Gasteiger partial charge < -0.3 is 9.64 Å². The van der Waals surface area contributed by atoms with Crippen molar-refractivity contribution in [1.82, 2.24) is 14.7 Å². The lowest BCUT2D eigenvalue weighted by Crippen LogP contribution is -2.40. The monoisotopic (exact) mass is 409 g/mol. The highest BCUT2D eigenvalue weighted by Crippen LogP contribution is 2.19. The Hall–Kier alpha value is -2.63. The van der Waals surface area contributed by atoms with Gasteiger partial charge in [0.1, 0.15) is 0 Å². The van der Waals surface area contributed by atoms with Crippen molar-refractivity contribution in [2.75, 3.05) is 13.1 Å². The van der Waals surface area contributed by atoms with Crippen LogP contribution in [-0.2, 0) is 17.9 Å². The minimum Gasteiger partial charge on any atom is -0.373 e. The van der Waals surface area contributed by atoms with Gasteiger partial charge in [0, 0.05) is 24.3 Å². The van der Waals surface area contributed by atoms with Gasteiger partial charge in [-0.3, -0.25) is 9.48 Å². The molecular weight excluding hydrogens is 386 g/mol. The van der Waals surface area contributed by atoms with Crippen LogP contribution in [0.1, 0.15) is 34.3 Å². The zero-order valence-electron chi connectivity index (χ0n) is 16.2. The first-order valence-corrected chi connectivity index (χ1v) is 10.3. The van der Waals surface area contributed by atoms with Crippen molar-refractivity contribution in [2.24, 2.45) is 0 Å². The van der Waals surface area contributed by atoms with Gasteiger partial charge in [-0.25, -0.2) is 0 Å². The summed E-state index contributed by atoms with van der Waals surface area (Å²) >= 11 is 6.22. The number of likely N-dealkylation sites (tertiary alicyclic amines) is 1. The fourth-order valence-electron chi connectivity index (χ4n) is 3.56. The molecule has 1 amide bonds. The molecule has 1 fully saturated rings. The zero-order valence-corrected chi connectivity index (χ0v) is 17.0. The van der Waals surface area contributed by atoms with Gasteiger partial charge in [-0.15, -0.1) is 0 Å². The van der Waals surface area contributed by atoms with E-state index in [9.17, 15) is 4.79 Å². The number of ether oxygens (including phenoxy) is 1. The number of hydrogen-bond donors (Lipinski definition) is 0. The highest BCUT2D eigenvalue weighted by Gasteiger charge is 2.25. The fraction of sp³-hybridized carbons (Fsp3) is 0.304. The quantitative estimate of drug-likeness (QED) is 0.606. The predicted octanol–water partition coefficient (Wildman–Crippen LogP) is 4.41. The van der Waals surface area contributed by atoms with Crippen LogP contribution in [0.4, 0.5) is 0 Å². The molecule has 0 spiro atoms. The molecule has 0 aliphatic carbocycles. The number of nitrogens with zero attached hydrogens (tertiary/aromatic N) is 3. The second-order valence-electron chi connectivity index (χ2n) is 7.31. The molecule has 0 atom stereocenters. The summed E-state index contributed by atoms with van der Waals surface area (Å²) in [5.41, 5.74) is 2.77. The van der Waals surface area contributed by atoms with Crippen LogP contribution in [0.25, 0.3) is 0 Å². The van der Waals surface area contributed by atoms with E-state index in [2.05, 4.69) is 17.2 Å². The largest absolute Gasteiger partial charge is 0.373 e. The number of halogens is 1. The molecule has 150 valence electrons. The van der Waals surface area contributed by atoms with Crippen LogP contribution in [0.3, 0.4) is 0 Å². The first-order chi connectivity index (χ1) is 14.2. The summed E-state index contributed by atoms with van der Waals surface area (Å²) in [6.45, 7) is 2.57. The molecule has 5 nitrogen and oxygen atoms in total. The number of carbonyl (C=O) groups is 1. The van der Waals surface area contributed by atoms with Crippen LogP contribution in [0.2, 0.25) is 5.02 Å². The molecule has 29 heavy (non-hydrogen) atoms. The van der Waals surface area contributed by atoms with Crippen LogP contribution in [0.5, 0.6) is 0 Å². The Labute approximate surface area is 175 Å². The summed E-state index contributed by atoms with van der Waals surface area (Å²) in [4.78, 5) is 14.7. The van der Waals surface area contributed by atoms with Crippen molar-refractivity contribution < 1.29 is 9.53 Å². The number of hydrogen-bond acceptors (Lipinski definition) is 3. The van der Waals surface area contributed by atoms with Gasteiger partial charge in [0.15, 0.2) is 0 Å². The Morgan fingerprint density at radius 2 is 1.79 bits per heavy atom. The molecule has 6 heteroatoms. The zero-order chi connectivity index (χ0) is 20.1. The van der Waals surface area contributed by atoms with E-state index >= 15 is 0 Å². The van der Waals surface area contributed by atoms with E-state index in [1.165, 1.54) is 5.56 Å². The van der Waals surface area contributed by atoms with E-state index in [0.29, 0.717) is 36.8 Å². The van der Waals surface area contributed by atoms with Gasteiger partial charge in [0.2, 0.25) is 0 Å². The first-order valence-electron chi connectivity index (χ1n) is 9.90. The summed E-state index contributed by atoms with van der Waals surface area (Å²) < 4.78 is 7.77. The second-order valence-corrected chi connectivity index (χ2v) is 7.71. The predicted molar refractivity (Wildman–Crippen MR) is 113 cm³/mol. The Morgan fingerprint density at radius 1 is 1.07 bits per heavy atom. The second kappa shape index (κ2) is 9.25. The highest BCUT2D eigenvalue weighted by atomic mass is 35.5. The molecule has 0 unspecified atom stereocenters. The van der Waals surface area contributed by atoms with E-state index in [1.807, 2.05) is 47.4 Å². The van der Waals surface area contributed by atoms with E-state index in [-0.39, 0.29) is 12.0 Å². The summed E-state index contributed by atoms with van der Waals surface area (Å²) in [6.07, 6.45) is 5.33. The Bertz CT molecular complexity index is 950. The van der Waals surface area contributed by atoms with Crippen LogP contribution < -0.4 is 0 Å². The number of benzene rings is 2. The molecule has 2 heterocycles. The molecule has 4 rings (SSSR count). The van der Waals surface area contributed by atoms with Crippen molar-refractivity contribution in [3.8, 4) is 0 Å². The molecule has 0 bridgehead atoms. The van der Waals surface area contributed by atoms with Gasteiger partial charge in [0.05, 0.1) is 31.0 Å². The van der Waals surface area contributed by atoms with Gasteiger partial charge in [-0.05, 0) is 30.0 Å². The van der Waals surface area contributed by atoms with Gasteiger partial charge >= 0.3 is 0 Å². The third-order valence-corrected chi connectivity index (χ3v) is 5.60. The molecule has 0 saturated carbocycles. The van der Waals surface area contributed by atoms with Crippen LogP contribution in [0, 0.1) is 0 Å². The average Bonchev–Trinajstić information content (AvgIpc) is 3.23. The number of carbonyl (C=O) groups excluding carboxylic acids is 1. The van der Waals surface area contributed by atoms with Gasteiger partial charge in [-0.1, -0.05) is 60.1 Å². The standard InChI is InChI=1S/C23H24ClN3O2/c24-22-9-5-4-8-19(22)15-27-16-20(14-25-27)23(28)26-12-10-21(11-13-26)29-17-18-6-2-1-3-7-18/h1-9,14,16,21H,10-13,15,17H2. The van der Waals surface area contributed by atoms with E-state index in [1.54, 1.807) is 17.1 Å². The molecule has 1 aliphatic rings. The third-order valence-electron chi connectivity index (χ3n) is 5.23. The number of piperidine rings is 1. The number of amides is 1. The van der Waals surface area contributed by atoms with Crippen LogP contribution in [0.15, 0.2) is 67.0 Å². The van der Waals surface area contributed by atoms with Crippen molar-refractivity contribution in [2.45, 2.75) is 32.1 Å². The molecule has 1 aromatic heterocycles. The SMILES string of the molecule is O=C(c1cnn(Cc2ccccc2Cl)c1)N1CCC(OCc2ccccc2)CC1. The summed E-state index contributed by atoms with van der Waals surface area (Å²) in [6, 6.07) is 17.8. The van der Waals surface area contributed by atoms with E-state index < -0.39 is 0 Å². The van der Waals surface area contributed by atoms with E-state index in [4.69, 9.17) is 16.3 Å². The van der Waals surface area contributed by atoms with Crippen molar-refractivity contribution in [1.29, 1.82) is 0 Å².